The van der Waals surface area contributed by atoms with Gasteiger partial charge >= 0.3 is 0 Å². The number of carbonyl (C=O) groups is 1. The first kappa shape index (κ1) is 18.0. The molecule has 0 bridgehead atoms. The summed E-state index contributed by atoms with van der Waals surface area (Å²) in [5, 5.41) is 12.0. The lowest BCUT2D eigenvalue weighted by Crippen LogP contribution is -2.40. The summed E-state index contributed by atoms with van der Waals surface area (Å²) in [6.45, 7) is 6.52. The molecule has 0 radical (unpaired) electrons. The quantitative estimate of drug-likeness (QED) is 0.914. The molecule has 2 heterocycles. The maximum atomic E-state index is 12.6. The van der Waals surface area contributed by atoms with Crippen LogP contribution in [0.1, 0.15) is 49.0 Å². The third-order valence-corrected chi connectivity index (χ3v) is 4.72. The van der Waals surface area contributed by atoms with Crippen molar-refractivity contribution in [2.45, 2.75) is 39.7 Å². The number of furan rings is 1. The minimum absolute atomic E-state index is 0.0407. The Morgan fingerprint density at radius 1 is 1.50 bits per heavy atom. The van der Waals surface area contributed by atoms with Crippen LogP contribution in [0.15, 0.2) is 28.8 Å². The molecule has 0 spiro atoms. The Balaban J connectivity index is 1.68. The van der Waals surface area contributed by atoms with Crippen molar-refractivity contribution in [3.63, 3.8) is 0 Å². The highest BCUT2D eigenvalue weighted by molar-refractivity contribution is 5.81. The molecule has 0 saturated carbocycles. The summed E-state index contributed by atoms with van der Waals surface area (Å²) in [6, 6.07) is 7.46. The summed E-state index contributed by atoms with van der Waals surface area (Å²) in [7, 11) is 1.81. The van der Waals surface area contributed by atoms with Crippen molar-refractivity contribution in [1.82, 2.24) is 10.3 Å². The van der Waals surface area contributed by atoms with Gasteiger partial charge in [-0.2, -0.15) is 5.26 Å². The van der Waals surface area contributed by atoms with Gasteiger partial charge in [-0.25, -0.2) is 4.98 Å². The Labute approximate surface area is 153 Å². The van der Waals surface area contributed by atoms with Crippen molar-refractivity contribution in [3.8, 4) is 6.07 Å². The summed E-state index contributed by atoms with van der Waals surface area (Å²) >= 11 is 0. The topological polar surface area (TPSA) is 82.2 Å². The summed E-state index contributed by atoms with van der Waals surface area (Å²) in [4.78, 5) is 18.6. The highest BCUT2D eigenvalue weighted by atomic mass is 16.3. The molecular formula is C20H24N4O2. The van der Waals surface area contributed by atoms with Crippen LogP contribution in [-0.2, 0) is 11.2 Å². The smallest absolute Gasteiger partial charge is 0.240 e. The molecule has 1 aliphatic rings. The van der Waals surface area contributed by atoms with Gasteiger partial charge in [0.2, 0.25) is 5.91 Å². The van der Waals surface area contributed by atoms with Gasteiger partial charge in [-0.05, 0) is 37.0 Å². The van der Waals surface area contributed by atoms with E-state index in [9.17, 15) is 4.79 Å². The van der Waals surface area contributed by atoms with Crippen LogP contribution in [0.25, 0.3) is 0 Å². The molecule has 2 aromatic rings. The summed E-state index contributed by atoms with van der Waals surface area (Å²) in [6.07, 6.45) is 3.27. The average molecular weight is 352 g/mol. The van der Waals surface area contributed by atoms with E-state index in [4.69, 9.17) is 9.68 Å². The van der Waals surface area contributed by atoms with Gasteiger partial charge in [0.15, 0.2) is 0 Å². The Morgan fingerprint density at radius 3 is 2.92 bits per heavy atom. The Bertz CT molecular complexity index is 846. The number of nitrogens with zero attached hydrogens (tertiary/aromatic N) is 3. The SMILES string of the molecule is Cc1cc2c(o1)CC(C)(C)C[C@@H]2NC(=O)CN(C)c1ccc(C#N)cn1. The van der Waals surface area contributed by atoms with Crippen molar-refractivity contribution in [2.24, 2.45) is 5.41 Å². The van der Waals surface area contributed by atoms with Crippen LogP contribution < -0.4 is 10.2 Å². The van der Waals surface area contributed by atoms with Crippen molar-refractivity contribution in [3.05, 3.63) is 47.0 Å². The second-order valence-corrected chi connectivity index (χ2v) is 7.77. The first-order valence-corrected chi connectivity index (χ1v) is 8.73. The molecule has 1 amide bonds. The minimum atomic E-state index is -0.0637. The molecule has 6 nitrogen and oxygen atoms in total. The molecule has 0 unspecified atom stereocenters. The van der Waals surface area contributed by atoms with Gasteiger partial charge in [-0.3, -0.25) is 4.79 Å². The number of nitrogens with one attached hydrogen (secondary N) is 1. The van der Waals surface area contributed by atoms with Crippen LogP contribution in [-0.4, -0.2) is 24.5 Å². The number of amides is 1. The molecule has 136 valence electrons. The summed E-state index contributed by atoms with van der Waals surface area (Å²) in [5.41, 5.74) is 1.67. The molecule has 3 rings (SSSR count). The highest BCUT2D eigenvalue weighted by Gasteiger charge is 2.35. The number of carbonyl (C=O) groups excluding carboxylic acids is 1. The van der Waals surface area contributed by atoms with E-state index in [1.165, 1.54) is 6.20 Å². The van der Waals surface area contributed by atoms with Gasteiger partial charge in [0.1, 0.15) is 23.4 Å². The second-order valence-electron chi connectivity index (χ2n) is 7.77. The van der Waals surface area contributed by atoms with Crippen LogP contribution in [0, 0.1) is 23.7 Å². The first-order chi connectivity index (χ1) is 12.3. The fraction of sp³-hybridized carbons (Fsp3) is 0.450. The van der Waals surface area contributed by atoms with Crippen molar-refractivity contribution >= 4 is 11.7 Å². The number of hydrogen-bond donors (Lipinski definition) is 1. The highest BCUT2D eigenvalue weighted by Crippen LogP contribution is 2.41. The van der Waals surface area contributed by atoms with Crippen molar-refractivity contribution < 1.29 is 9.21 Å². The number of nitriles is 1. The molecule has 0 aromatic carbocycles. The van der Waals surface area contributed by atoms with E-state index in [2.05, 4.69) is 24.1 Å². The lowest BCUT2D eigenvalue weighted by atomic mass is 9.74. The number of pyridine rings is 1. The summed E-state index contributed by atoms with van der Waals surface area (Å²) < 4.78 is 5.83. The maximum absolute atomic E-state index is 12.6. The lowest BCUT2D eigenvalue weighted by Gasteiger charge is -2.35. The summed E-state index contributed by atoms with van der Waals surface area (Å²) in [5.74, 6) is 2.45. The van der Waals surface area contributed by atoms with E-state index in [1.54, 1.807) is 17.0 Å². The van der Waals surface area contributed by atoms with Gasteiger partial charge in [0.25, 0.3) is 0 Å². The van der Waals surface area contributed by atoms with Gasteiger partial charge in [-0.1, -0.05) is 13.8 Å². The number of aromatic nitrogens is 1. The monoisotopic (exact) mass is 352 g/mol. The van der Waals surface area contributed by atoms with E-state index in [0.717, 1.165) is 29.9 Å². The molecule has 0 saturated heterocycles. The van der Waals surface area contributed by atoms with E-state index >= 15 is 0 Å². The predicted molar refractivity (Wildman–Crippen MR) is 98.7 cm³/mol. The zero-order chi connectivity index (χ0) is 18.9. The molecule has 26 heavy (non-hydrogen) atoms. The Morgan fingerprint density at radius 2 is 2.27 bits per heavy atom. The zero-order valence-electron chi connectivity index (χ0n) is 15.7. The number of fused-ring (bicyclic) bond motifs is 1. The number of aryl methyl sites for hydroxylation is 1. The largest absolute Gasteiger partial charge is 0.466 e. The zero-order valence-corrected chi connectivity index (χ0v) is 15.7. The maximum Gasteiger partial charge on any atom is 0.240 e. The fourth-order valence-electron chi connectivity index (χ4n) is 3.53. The van der Waals surface area contributed by atoms with E-state index < -0.39 is 0 Å². The van der Waals surface area contributed by atoms with Crippen molar-refractivity contribution in [1.29, 1.82) is 5.26 Å². The van der Waals surface area contributed by atoms with E-state index in [-0.39, 0.29) is 23.9 Å². The van der Waals surface area contributed by atoms with Gasteiger partial charge in [-0.15, -0.1) is 0 Å². The predicted octanol–water partition coefficient (Wildman–Crippen LogP) is 3.12. The molecule has 0 fully saturated rings. The molecule has 1 aliphatic carbocycles. The van der Waals surface area contributed by atoms with Crippen LogP contribution in [0.3, 0.4) is 0 Å². The van der Waals surface area contributed by atoms with Crippen LogP contribution >= 0.6 is 0 Å². The third kappa shape index (κ3) is 3.88. The molecule has 0 aliphatic heterocycles. The van der Waals surface area contributed by atoms with Crippen LogP contribution in [0.5, 0.6) is 0 Å². The van der Waals surface area contributed by atoms with Crippen molar-refractivity contribution in [2.75, 3.05) is 18.5 Å². The number of rotatable bonds is 4. The average Bonchev–Trinajstić information content (AvgIpc) is 2.93. The Kier molecular flexibility index (Phi) is 4.73. The lowest BCUT2D eigenvalue weighted by molar-refractivity contribution is -0.120. The van der Waals surface area contributed by atoms with E-state index in [0.29, 0.717) is 11.4 Å². The first-order valence-electron chi connectivity index (χ1n) is 8.73. The van der Waals surface area contributed by atoms with Crippen LogP contribution in [0.2, 0.25) is 0 Å². The molecular weight excluding hydrogens is 328 g/mol. The number of hydrogen-bond acceptors (Lipinski definition) is 5. The third-order valence-electron chi connectivity index (χ3n) is 4.72. The Hall–Kier alpha value is -2.81. The molecule has 6 heteroatoms. The minimum Gasteiger partial charge on any atom is -0.466 e. The van der Waals surface area contributed by atoms with Gasteiger partial charge in [0, 0.05) is 25.2 Å². The molecule has 1 N–H and O–H groups in total. The number of anilines is 1. The normalized spacial score (nSPS) is 17.9. The molecule has 1 atom stereocenters. The fourth-order valence-corrected chi connectivity index (χ4v) is 3.53. The van der Waals surface area contributed by atoms with Gasteiger partial charge < -0.3 is 14.6 Å². The van der Waals surface area contributed by atoms with E-state index in [1.807, 2.05) is 26.1 Å². The van der Waals surface area contributed by atoms with Gasteiger partial charge in [0.05, 0.1) is 18.2 Å². The molecule has 2 aromatic heterocycles. The van der Waals surface area contributed by atoms with Crippen LogP contribution in [0.4, 0.5) is 5.82 Å². The standard InChI is InChI=1S/C20H24N4O2/c1-13-7-15-16(8-20(2,3)9-17(15)26-13)23-19(25)12-24(4)18-6-5-14(10-21)11-22-18/h5-7,11,16H,8-9,12H2,1-4H3,(H,23,25)/t16-/m0/s1. The number of likely N-dealkylation sites (N-methyl/N-ethyl adjacent to an activating group) is 1. The second kappa shape index (κ2) is 6.83.